The first-order valence-corrected chi connectivity index (χ1v) is 24.5. The molecule has 0 fully saturated rings. The fraction of sp³-hybridized carbons (Fsp3) is 0.231. The van der Waals surface area contributed by atoms with Gasteiger partial charge in [-0.2, -0.15) is 0 Å². The molecule has 0 aromatic heterocycles. The minimum atomic E-state index is 0.327. The van der Waals surface area contributed by atoms with Crippen LogP contribution < -0.4 is 0 Å². The molecule has 0 spiro atoms. The van der Waals surface area contributed by atoms with E-state index in [0.29, 0.717) is 29.6 Å². The Kier molecular flexibility index (Phi) is 7.36. The molecule has 314 valence electrons. The van der Waals surface area contributed by atoms with E-state index < -0.39 is 0 Å². The van der Waals surface area contributed by atoms with Gasteiger partial charge in [0, 0.05) is 0 Å². The van der Waals surface area contributed by atoms with Crippen LogP contribution >= 0.6 is 0 Å². The minimum Gasteiger partial charge on any atom is -0.0610 e. The Hall–Kier alpha value is -6.50. The summed E-state index contributed by atoms with van der Waals surface area (Å²) in [6, 6.07) is 46.7. The fourth-order valence-corrected chi connectivity index (χ4v) is 13.7. The first-order chi connectivity index (χ1) is 31.4. The molecule has 14 aromatic carbocycles. The lowest BCUT2D eigenvalue weighted by Crippen LogP contribution is -1.98. The molecular weight excluding hydrogens is 781 g/mol. The van der Waals surface area contributed by atoms with Gasteiger partial charge in [-0.15, -0.1) is 0 Å². The van der Waals surface area contributed by atoms with Crippen molar-refractivity contribution in [1.82, 2.24) is 0 Å². The lowest BCUT2D eigenvalue weighted by molar-refractivity contribution is 0.869. The second-order valence-corrected chi connectivity index (χ2v) is 21.6. The van der Waals surface area contributed by atoms with Crippen molar-refractivity contribution in [2.24, 2.45) is 0 Å². The van der Waals surface area contributed by atoms with Crippen molar-refractivity contribution >= 4 is 140 Å². The van der Waals surface area contributed by atoms with Gasteiger partial charge in [0.1, 0.15) is 0 Å². The van der Waals surface area contributed by atoms with Gasteiger partial charge in [0.2, 0.25) is 0 Å². The van der Waals surface area contributed by atoms with Gasteiger partial charge in [-0.25, -0.2) is 0 Å². The second kappa shape index (κ2) is 12.6. The highest BCUT2D eigenvalue weighted by atomic mass is 14.3. The van der Waals surface area contributed by atoms with E-state index in [1.165, 1.54) is 168 Å². The molecule has 14 rings (SSSR count). The number of benzene rings is 12. The van der Waals surface area contributed by atoms with Crippen molar-refractivity contribution in [3.63, 3.8) is 0 Å². The van der Waals surface area contributed by atoms with E-state index in [4.69, 9.17) is 0 Å². The van der Waals surface area contributed by atoms with Crippen LogP contribution in [0.3, 0.4) is 0 Å². The van der Waals surface area contributed by atoms with Crippen LogP contribution in [-0.2, 0) is 0 Å². The Morgan fingerprint density at radius 3 is 1.18 bits per heavy atom. The lowest BCUT2D eigenvalue weighted by Gasteiger charge is -2.20. The standard InChI is InChI=1S/C65H54/c1-30(2)36-26-35-14-15-38(32(5)6)59-47-24-25-49-63-48(23-22-46(62(47)63)52(27-36)57(35)59)64-55(33(7)8)53-28-50-44-20-18-42-40-13-11-12-39-37(31(3)4)16-17-41(58(39)40)43-19-21-45(61(44)60(42)43)51(50)29-54(53)56(34(9)10)65(49)64/h11-34H,1-10H3. The minimum absolute atomic E-state index is 0.327. The molecule has 0 atom stereocenters. The number of rotatable bonds is 5. The van der Waals surface area contributed by atoms with Crippen molar-refractivity contribution < 1.29 is 0 Å². The van der Waals surface area contributed by atoms with E-state index in [9.17, 15) is 0 Å². The second-order valence-electron chi connectivity index (χ2n) is 21.6. The molecule has 0 bridgehead atoms. The molecule has 0 N–H and O–H groups in total. The van der Waals surface area contributed by atoms with Crippen LogP contribution in [0.5, 0.6) is 0 Å². The van der Waals surface area contributed by atoms with Crippen LogP contribution in [0.25, 0.3) is 140 Å². The predicted octanol–water partition coefficient (Wildman–Crippen LogP) is 20.0. The van der Waals surface area contributed by atoms with Gasteiger partial charge < -0.3 is 0 Å². The highest BCUT2D eigenvalue weighted by Gasteiger charge is 2.29. The van der Waals surface area contributed by atoms with E-state index in [1.807, 2.05) is 0 Å². The number of hydrogen-bond acceptors (Lipinski definition) is 0. The summed E-state index contributed by atoms with van der Waals surface area (Å²) in [5.74, 6) is 1.99. The third-order valence-corrected chi connectivity index (χ3v) is 16.4. The zero-order valence-corrected chi connectivity index (χ0v) is 39.4. The van der Waals surface area contributed by atoms with Crippen molar-refractivity contribution in [2.75, 3.05) is 0 Å². The van der Waals surface area contributed by atoms with Gasteiger partial charge in [-0.3, -0.25) is 0 Å². The average molecular weight is 835 g/mol. The third-order valence-electron chi connectivity index (χ3n) is 16.4. The summed E-state index contributed by atoms with van der Waals surface area (Å²) in [5, 5.41) is 36.6. The molecule has 0 aliphatic carbocycles. The SMILES string of the molecule is CC(C)c1cc2ccc(C(C)C)c3c4ccc5c6c(C(C)C)c7cc8c(cc7c(C(C)C)c6c6ccc(c(c1)c23)c4c65)c1ccc2c3cccc4c(C(C)C)ccc(c5ccc8c1c25)c43. The molecule has 0 aliphatic rings. The van der Waals surface area contributed by atoms with Crippen LogP contribution in [0.2, 0.25) is 0 Å². The Labute approximate surface area is 380 Å². The predicted molar refractivity (Wildman–Crippen MR) is 289 cm³/mol. The zero-order valence-electron chi connectivity index (χ0n) is 39.4. The number of hydrogen-bond donors (Lipinski definition) is 0. The summed E-state index contributed by atoms with van der Waals surface area (Å²) >= 11 is 0. The molecule has 0 nitrogen and oxygen atoms in total. The molecule has 0 aliphatic heterocycles. The lowest BCUT2D eigenvalue weighted by atomic mass is 9.83. The van der Waals surface area contributed by atoms with Gasteiger partial charge in [0.25, 0.3) is 0 Å². The highest BCUT2D eigenvalue weighted by molar-refractivity contribution is 6.46. The van der Waals surface area contributed by atoms with E-state index in [1.54, 1.807) is 0 Å². The van der Waals surface area contributed by atoms with Crippen molar-refractivity contribution in [3.8, 4) is 0 Å². The van der Waals surface area contributed by atoms with Crippen molar-refractivity contribution in [3.05, 3.63) is 143 Å². The Morgan fingerprint density at radius 1 is 0.231 bits per heavy atom. The van der Waals surface area contributed by atoms with E-state index in [2.05, 4.69) is 184 Å². The average Bonchev–Trinajstić information content (AvgIpc) is 3.79. The summed E-state index contributed by atoms with van der Waals surface area (Å²) in [5.41, 5.74) is 7.28. The molecule has 0 unspecified atom stereocenters. The maximum absolute atomic E-state index is 2.62. The first kappa shape index (κ1) is 37.8. The van der Waals surface area contributed by atoms with Crippen molar-refractivity contribution in [2.45, 2.75) is 98.8 Å². The van der Waals surface area contributed by atoms with Crippen LogP contribution in [0.15, 0.2) is 115 Å². The van der Waals surface area contributed by atoms with Gasteiger partial charge in [0.05, 0.1) is 0 Å². The molecule has 0 saturated heterocycles. The smallest absolute Gasteiger partial charge is 0.00137 e. The molecule has 0 heterocycles. The summed E-state index contributed by atoms with van der Waals surface area (Å²) in [6.45, 7) is 23.8. The van der Waals surface area contributed by atoms with Gasteiger partial charge in [0.15, 0.2) is 0 Å². The van der Waals surface area contributed by atoms with E-state index in [-0.39, 0.29) is 0 Å². The maximum Gasteiger partial charge on any atom is -0.00137 e. The molecule has 0 saturated carbocycles. The molecule has 0 amide bonds. The largest absolute Gasteiger partial charge is 0.0610 e. The third kappa shape index (κ3) is 4.54. The molecule has 0 heteroatoms. The fourth-order valence-electron chi connectivity index (χ4n) is 13.7. The van der Waals surface area contributed by atoms with E-state index >= 15 is 0 Å². The van der Waals surface area contributed by atoms with Crippen LogP contribution in [-0.4, -0.2) is 0 Å². The molecular formula is C65H54. The first-order valence-electron chi connectivity index (χ1n) is 24.5. The quantitative estimate of drug-likeness (QED) is 0.120. The topological polar surface area (TPSA) is 0 Å². The van der Waals surface area contributed by atoms with E-state index in [0.717, 1.165) is 0 Å². The number of fused-ring (bicyclic) bond motifs is 11. The normalized spacial score (nSPS) is 13.5. The molecule has 65 heavy (non-hydrogen) atoms. The van der Waals surface area contributed by atoms with Gasteiger partial charge in [-0.05, 0) is 210 Å². The van der Waals surface area contributed by atoms with Gasteiger partial charge >= 0.3 is 0 Å². The Morgan fingerprint density at radius 2 is 0.646 bits per heavy atom. The summed E-state index contributed by atoms with van der Waals surface area (Å²) in [7, 11) is 0. The monoisotopic (exact) mass is 834 g/mol. The van der Waals surface area contributed by atoms with Crippen LogP contribution in [0.4, 0.5) is 0 Å². The van der Waals surface area contributed by atoms with Crippen LogP contribution in [0.1, 0.15) is 127 Å². The Bertz CT molecular complexity index is 4220. The highest BCUT2D eigenvalue weighted by Crippen LogP contribution is 2.55. The molecule has 14 aromatic rings. The zero-order chi connectivity index (χ0) is 44.2. The van der Waals surface area contributed by atoms with Gasteiger partial charge in [-0.1, -0.05) is 172 Å². The molecule has 0 radical (unpaired) electrons. The Balaban J connectivity index is 1.15. The summed E-state index contributed by atoms with van der Waals surface area (Å²) in [6.07, 6.45) is 0. The van der Waals surface area contributed by atoms with Crippen LogP contribution in [0, 0.1) is 0 Å². The summed E-state index contributed by atoms with van der Waals surface area (Å²) < 4.78 is 0. The maximum atomic E-state index is 2.62. The van der Waals surface area contributed by atoms with Crippen molar-refractivity contribution in [1.29, 1.82) is 0 Å². The summed E-state index contributed by atoms with van der Waals surface area (Å²) in [4.78, 5) is 0.